The summed E-state index contributed by atoms with van der Waals surface area (Å²) in [5.41, 5.74) is 0.321. The highest BCUT2D eigenvalue weighted by Gasteiger charge is 2.39. The second kappa shape index (κ2) is 8.37. The van der Waals surface area contributed by atoms with E-state index in [-0.39, 0.29) is 43.2 Å². The molecule has 10 nitrogen and oxygen atoms in total. The summed E-state index contributed by atoms with van der Waals surface area (Å²) in [6.07, 6.45) is 2.70. The number of amides is 1. The molecule has 4 rings (SSSR count). The topological polar surface area (TPSA) is 142 Å². The summed E-state index contributed by atoms with van der Waals surface area (Å²) < 4.78 is 34.1. The number of halogens is 1. The molecule has 2 aliphatic heterocycles. The maximum atomic E-state index is 12.5. The summed E-state index contributed by atoms with van der Waals surface area (Å²) in [6, 6.07) is 7.38. The number of thioether (sulfide) groups is 1. The molecule has 32 heavy (non-hydrogen) atoms. The third-order valence-electron chi connectivity index (χ3n) is 4.27. The second-order valence-corrected chi connectivity index (χ2v) is 10.2. The number of aliphatic imine (C=N–C) groups is 1. The lowest BCUT2D eigenvalue weighted by atomic mass is 10.1. The summed E-state index contributed by atoms with van der Waals surface area (Å²) in [6.45, 7) is 1.47. The molecule has 1 aromatic carbocycles. The molecule has 0 radical (unpaired) electrons. The van der Waals surface area contributed by atoms with Crippen molar-refractivity contribution < 1.29 is 27.2 Å². The van der Waals surface area contributed by atoms with E-state index in [1.54, 1.807) is 6.07 Å². The molecule has 0 fully saturated rings. The number of nitrogens with zero attached hydrogens (tertiary/aromatic N) is 3. The molecule has 13 heteroatoms. The fourth-order valence-corrected chi connectivity index (χ4v) is 5.02. The number of carbonyl (C=O) groups is 2. The van der Waals surface area contributed by atoms with Gasteiger partial charge in [-0.15, -0.1) is 5.10 Å². The monoisotopic (exact) mass is 492 g/mol. The van der Waals surface area contributed by atoms with Crippen LogP contribution in [0.1, 0.15) is 23.0 Å². The third-order valence-corrected chi connectivity index (χ3v) is 7.66. The number of sulfone groups is 1. The number of benzene rings is 1. The van der Waals surface area contributed by atoms with Crippen molar-refractivity contribution in [1.82, 2.24) is 5.01 Å². The number of amidine groups is 2. The van der Waals surface area contributed by atoms with Crippen LogP contribution in [0.15, 0.2) is 56.7 Å². The number of ether oxygens (including phenoxy) is 1. The van der Waals surface area contributed by atoms with Crippen molar-refractivity contribution in [3.05, 3.63) is 58.5 Å². The van der Waals surface area contributed by atoms with Gasteiger partial charge in [-0.1, -0.05) is 24.6 Å². The lowest BCUT2D eigenvalue weighted by Gasteiger charge is -2.20. The van der Waals surface area contributed by atoms with Gasteiger partial charge in [-0.3, -0.25) is 10.2 Å². The molecule has 0 atom stereocenters. The van der Waals surface area contributed by atoms with Gasteiger partial charge in [0.2, 0.25) is 25.1 Å². The molecule has 3 heterocycles. The molecule has 0 saturated carbocycles. The molecular weight excluding hydrogens is 480 g/mol. The van der Waals surface area contributed by atoms with Crippen LogP contribution in [0.3, 0.4) is 0 Å². The van der Waals surface area contributed by atoms with Gasteiger partial charge in [0.25, 0.3) is 5.91 Å². The van der Waals surface area contributed by atoms with Gasteiger partial charge in [0, 0.05) is 0 Å². The van der Waals surface area contributed by atoms with Crippen molar-refractivity contribution in [2.75, 3.05) is 5.75 Å². The van der Waals surface area contributed by atoms with E-state index in [2.05, 4.69) is 10.1 Å². The molecule has 1 N–H and O–H groups in total. The van der Waals surface area contributed by atoms with Crippen molar-refractivity contribution in [3.8, 4) is 5.75 Å². The predicted molar refractivity (Wildman–Crippen MR) is 120 cm³/mol. The molecule has 2 aromatic rings. The van der Waals surface area contributed by atoms with Crippen LogP contribution in [0, 0.1) is 5.41 Å². The van der Waals surface area contributed by atoms with Crippen LogP contribution in [-0.2, 0) is 14.6 Å². The van der Waals surface area contributed by atoms with Crippen molar-refractivity contribution >= 4 is 66.5 Å². The Hall–Kier alpha value is -3.22. The first kappa shape index (κ1) is 22.0. The van der Waals surface area contributed by atoms with Gasteiger partial charge in [0.05, 0.1) is 22.6 Å². The molecule has 0 aliphatic carbocycles. The van der Waals surface area contributed by atoms with Gasteiger partial charge in [-0.25, -0.2) is 13.2 Å². The number of nitrogens with one attached hydrogen (secondary N) is 1. The van der Waals surface area contributed by atoms with Crippen LogP contribution in [0.4, 0.5) is 0 Å². The minimum absolute atomic E-state index is 0.00222. The first-order valence-electron chi connectivity index (χ1n) is 8.98. The molecule has 2 aliphatic rings. The minimum atomic E-state index is -3.61. The van der Waals surface area contributed by atoms with Gasteiger partial charge in [-0.2, -0.15) is 10.0 Å². The summed E-state index contributed by atoms with van der Waals surface area (Å²) in [4.78, 5) is 28.3. The highest BCUT2D eigenvalue weighted by molar-refractivity contribution is 8.42. The van der Waals surface area contributed by atoms with Crippen LogP contribution in [0.25, 0.3) is 6.08 Å². The Morgan fingerprint density at radius 3 is 2.81 bits per heavy atom. The van der Waals surface area contributed by atoms with Gasteiger partial charge in [0.1, 0.15) is 5.75 Å². The second-order valence-electron chi connectivity index (χ2n) is 6.35. The number of hydrazone groups is 1. The highest BCUT2D eigenvalue weighted by atomic mass is 35.5. The fourth-order valence-electron chi connectivity index (χ4n) is 2.62. The predicted octanol–water partition coefficient (Wildman–Crippen LogP) is 3.16. The molecule has 1 amide bonds. The van der Waals surface area contributed by atoms with Gasteiger partial charge in [0.15, 0.2) is 5.84 Å². The molecule has 0 saturated heterocycles. The lowest BCUT2D eigenvalue weighted by molar-refractivity contribution is -0.114. The maximum absolute atomic E-state index is 12.5. The molecule has 164 valence electrons. The van der Waals surface area contributed by atoms with E-state index in [0.29, 0.717) is 5.56 Å². The molecule has 0 bridgehead atoms. The van der Waals surface area contributed by atoms with Crippen LogP contribution in [0.5, 0.6) is 5.75 Å². The highest BCUT2D eigenvalue weighted by Crippen LogP contribution is 2.32. The number of rotatable bonds is 4. The SMILES string of the molecule is CCS(=O)(=O)C1=NN2C(=N)/C(=C\c3ccc(OC(=O)c4ccco4)c(Cl)c3)C(=O)N=C2S1. The first-order chi connectivity index (χ1) is 15.2. The summed E-state index contributed by atoms with van der Waals surface area (Å²) in [5.74, 6) is -1.84. The van der Waals surface area contributed by atoms with E-state index in [0.717, 1.165) is 16.8 Å². The molecule has 0 unspecified atom stereocenters. The molecule has 0 spiro atoms. The van der Waals surface area contributed by atoms with Crippen molar-refractivity contribution in [2.45, 2.75) is 6.92 Å². The zero-order chi connectivity index (χ0) is 23.0. The number of hydrogen-bond acceptors (Lipinski definition) is 9. The Kier molecular flexibility index (Phi) is 5.75. The van der Waals surface area contributed by atoms with Crippen LogP contribution in [-0.4, -0.2) is 46.4 Å². The number of esters is 1. The van der Waals surface area contributed by atoms with Crippen molar-refractivity contribution in [1.29, 1.82) is 5.41 Å². The largest absolute Gasteiger partial charge is 0.457 e. The van der Waals surface area contributed by atoms with Crippen molar-refractivity contribution in [3.63, 3.8) is 0 Å². The van der Waals surface area contributed by atoms with E-state index in [4.69, 9.17) is 26.2 Å². The summed E-state index contributed by atoms with van der Waals surface area (Å²) >= 11 is 6.92. The van der Waals surface area contributed by atoms with E-state index in [9.17, 15) is 18.0 Å². The average molecular weight is 493 g/mol. The molecular formula is C19H13ClN4O6S2. The Labute approximate surface area is 191 Å². The number of hydrogen-bond donors (Lipinski definition) is 1. The number of furan rings is 1. The fraction of sp³-hybridized carbons (Fsp3) is 0.105. The maximum Gasteiger partial charge on any atom is 0.379 e. The van der Waals surface area contributed by atoms with Gasteiger partial charge < -0.3 is 9.15 Å². The van der Waals surface area contributed by atoms with Crippen LogP contribution in [0.2, 0.25) is 5.02 Å². The molecule has 1 aromatic heterocycles. The van der Waals surface area contributed by atoms with Crippen LogP contribution >= 0.6 is 23.4 Å². The number of carbonyl (C=O) groups excluding carboxylic acids is 2. The average Bonchev–Trinajstić information content (AvgIpc) is 3.43. The Bertz CT molecular complexity index is 1350. The van der Waals surface area contributed by atoms with E-state index >= 15 is 0 Å². The summed E-state index contributed by atoms with van der Waals surface area (Å²) in [5, 5.41) is 13.3. The first-order valence-corrected chi connectivity index (χ1v) is 11.8. The smallest absolute Gasteiger partial charge is 0.379 e. The van der Waals surface area contributed by atoms with Gasteiger partial charge in [-0.05, 0) is 47.7 Å². The minimum Gasteiger partial charge on any atom is -0.457 e. The van der Waals surface area contributed by atoms with Crippen molar-refractivity contribution in [2.24, 2.45) is 10.1 Å². The number of fused-ring (bicyclic) bond motifs is 1. The zero-order valence-corrected chi connectivity index (χ0v) is 18.6. The Morgan fingerprint density at radius 1 is 1.38 bits per heavy atom. The van der Waals surface area contributed by atoms with E-state index in [1.807, 2.05) is 0 Å². The normalized spacial score (nSPS) is 17.3. The van der Waals surface area contributed by atoms with Gasteiger partial charge >= 0.3 is 5.97 Å². The van der Waals surface area contributed by atoms with E-state index < -0.39 is 21.7 Å². The van der Waals surface area contributed by atoms with Crippen LogP contribution < -0.4 is 4.74 Å². The van der Waals surface area contributed by atoms with E-state index in [1.165, 1.54) is 43.5 Å². The third kappa shape index (κ3) is 4.11. The Balaban J connectivity index is 1.59. The lowest BCUT2D eigenvalue weighted by Crippen LogP contribution is -2.35. The zero-order valence-electron chi connectivity index (χ0n) is 16.2. The standard InChI is InChI=1S/C19H13ClN4O6S2/c1-2-32(27,28)19-23-24-15(21)11(16(25)22-18(24)31-19)8-10-5-6-13(12(20)9-10)30-17(26)14-4-3-7-29-14/h3-9,21H,2H2,1H3/b11-8+,21-15?. The Morgan fingerprint density at radius 2 is 2.16 bits per heavy atom. The summed E-state index contributed by atoms with van der Waals surface area (Å²) in [7, 11) is -3.61. The quantitative estimate of drug-likeness (QED) is 0.389.